The molecule has 0 aliphatic carbocycles. The van der Waals surface area contributed by atoms with Gasteiger partial charge in [0.25, 0.3) is 5.91 Å². The van der Waals surface area contributed by atoms with Crippen LogP contribution in [0.3, 0.4) is 0 Å². The van der Waals surface area contributed by atoms with E-state index in [-0.39, 0.29) is 6.54 Å². The van der Waals surface area contributed by atoms with Crippen LogP contribution in [0.2, 0.25) is 0 Å². The van der Waals surface area contributed by atoms with Gasteiger partial charge in [-0.1, -0.05) is 0 Å². The molecule has 1 aliphatic heterocycles. The molecule has 0 aromatic heterocycles. The Morgan fingerprint density at radius 2 is 1.80 bits per heavy atom. The fourth-order valence-corrected chi connectivity index (χ4v) is 2.02. The maximum Gasteiger partial charge on any atom is 0.257 e. The summed E-state index contributed by atoms with van der Waals surface area (Å²) in [6.45, 7) is 0.558. The number of amides is 1. The maximum atomic E-state index is 13.4. The zero-order valence-corrected chi connectivity index (χ0v) is 10.6. The van der Waals surface area contributed by atoms with Crippen molar-refractivity contribution in [3.63, 3.8) is 0 Å². The third-order valence-corrected chi connectivity index (χ3v) is 3.24. The Labute approximate surface area is 113 Å². The second-order valence-corrected chi connectivity index (χ2v) is 4.76. The van der Waals surface area contributed by atoms with Crippen molar-refractivity contribution >= 4 is 5.91 Å². The average molecular weight is 289 g/mol. The summed E-state index contributed by atoms with van der Waals surface area (Å²) in [6, 6.07) is 0.863. The second-order valence-electron chi connectivity index (χ2n) is 4.76. The number of halogens is 3. The highest BCUT2D eigenvalue weighted by molar-refractivity contribution is 5.94. The first-order chi connectivity index (χ1) is 9.41. The first kappa shape index (κ1) is 14.8. The van der Waals surface area contributed by atoms with Gasteiger partial charge >= 0.3 is 0 Å². The van der Waals surface area contributed by atoms with Crippen LogP contribution in [0.1, 0.15) is 23.2 Å². The van der Waals surface area contributed by atoms with Gasteiger partial charge in [0.05, 0.1) is 5.60 Å². The van der Waals surface area contributed by atoms with Crippen LogP contribution < -0.4 is 5.32 Å². The number of benzene rings is 1. The number of hydrogen-bond acceptors (Lipinski definition) is 3. The van der Waals surface area contributed by atoms with Crippen LogP contribution in [-0.2, 0) is 4.74 Å². The maximum absolute atomic E-state index is 13.4. The molecule has 0 atom stereocenters. The summed E-state index contributed by atoms with van der Waals surface area (Å²) in [6.07, 6.45) is 0.642. The third kappa shape index (κ3) is 3.29. The minimum Gasteiger partial charge on any atom is -0.388 e. The topological polar surface area (TPSA) is 58.6 Å². The summed E-state index contributed by atoms with van der Waals surface area (Å²) in [4.78, 5) is 11.7. The molecular weight excluding hydrogens is 275 g/mol. The summed E-state index contributed by atoms with van der Waals surface area (Å²) in [5, 5.41) is 12.4. The molecule has 0 radical (unpaired) electrons. The van der Waals surface area contributed by atoms with E-state index >= 15 is 0 Å². The van der Waals surface area contributed by atoms with Crippen LogP contribution in [0.5, 0.6) is 0 Å². The van der Waals surface area contributed by atoms with E-state index in [0.717, 1.165) is 0 Å². The smallest absolute Gasteiger partial charge is 0.257 e. The molecule has 0 unspecified atom stereocenters. The van der Waals surface area contributed by atoms with Gasteiger partial charge in [-0.05, 0) is 0 Å². The first-order valence-corrected chi connectivity index (χ1v) is 6.14. The molecule has 110 valence electrons. The van der Waals surface area contributed by atoms with Crippen molar-refractivity contribution in [2.45, 2.75) is 18.4 Å². The van der Waals surface area contributed by atoms with Gasteiger partial charge in [0.1, 0.15) is 23.0 Å². The lowest BCUT2D eigenvalue weighted by molar-refractivity contribution is -0.0605. The first-order valence-electron chi connectivity index (χ1n) is 6.14. The van der Waals surface area contributed by atoms with Crippen molar-refractivity contribution in [1.82, 2.24) is 5.32 Å². The third-order valence-electron chi connectivity index (χ3n) is 3.24. The Balaban J connectivity index is 2.05. The Morgan fingerprint density at radius 1 is 1.25 bits per heavy atom. The Morgan fingerprint density at radius 3 is 2.35 bits per heavy atom. The van der Waals surface area contributed by atoms with E-state index in [9.17, 15) is 23.1 Å². The standard InChI is InChI=1S/C13H14F3NO3/c14-8-5-9(15)11(10(16)6-8)12(18)17-7-13(19)1-3-20-4-2-13/h5-6,19H,1-4,7H2,(H,17,18). The van der Waals surface area contributed by atoms with Crippen molar-refractivity contribution in [2.75, 3.05) is 19.8 Å². The number of aliphatic hydroxyl groups is 1. The normalized spacial score (nSPS) is 17.8. The highest BCUT2D eigenvalue weighted by Gasteiger charge is 2.31. The molecule has 1 fully saturated rings. The molecular formula is C13H14F3NO3. The van der Waals surface area contributed by atoms with Crippen molar-refractivity contribution < 1.29 is 27.8 Å². The second kappa shape index (κ2) is 5.80. The van der Waals surface area contributed by atoms with E-state index in [1.54, 1.807) is 0 Å². The van der Waals surface area contributed by atoms with Crippen LogP contribution in [-0.4, -0.2) is 36.4 Å². The van der Waals surface area contributed by atoms with Gasteiger partial charge in [-0.2, -0.15) is 0 Å². The molecule has 2 rings (SSSR count). The number of carbonyl (C=O) groups is 1. The van der Waals surface area contributed by atoms with Crippen LogP contribution in [0.15, 0.2) is 12.1 Å². The summed E-state index contributed by atoms with van der Waals surface area (Å²) in [5.41, 5.74) is -2.01. The lowest BCUT2D eigenvalue weighted by Gasteiger charge is -2.32. The van der Waals surface area contributed by atoms with E-state index < -0.39 is 34.5 Å². The SMILES string of the molecule is O=C(NCC1(O)CCOCC1)c1c(F)cc(F)cc1F. The van der Waals surface area contributed by atoms with Crippen molar-refractivity contribution in [3.05, 3.63) is 35.1 Å². The molecule has 1 saturated heterocycles. The van der Waals surface area contributed by atoms with Gasteiger partial charge in [0, 0.05) is 44.7 Å². The van der Waals surface area contributed by atoms with Crippen molar-refractivity contribution in [1.29, 1.82) is 0 Å². The highest BCUT2D eigenvalue weighted by Crippen LogP contribution is 2.20. The summed E-state index contributed by atoms with van der Waals surface area (Å²) >= 11 is 0. The zero-order valence-electron chi connectivity index (χ0n) is 10.6. The molecule has 0 spiro atoms. The van der Waals surface area contributed by atoms with Gasteiger partial charge in [0.15, 0.2) is 0 Å². The van der Waals surface area contributed by atoms with E-state index in [0.29, 0.717) is 38.2 Å². The van der Waals surface area contributed by atoms with Crippen LogP contribution in [0, 0.1) is 17.5 Å². The van der Waals surface area contributed by atoms with E-state index in [4.69, 9.17) is 4.74 Å². The molecule has 1 aromatic carbocycles. The van der Waals surface area contributed by atoms with Gasteiger partial charge in [-0.15, -0.1) is 0 Å². The molecule has 4 nitrogen and oxygen atoms in total. The van der Waals surface area contributed by atoms with Crippen molar-refractivity contribution in [3.8, 4) is 0 Å². The van der Waals surface area contributed by atoms with Crippen molar-refractivity contribution in [2.24, 2.45) is 0 Å². The lowest BCUT2D eigenvalue weighted by atomic mass is 9.94. The molecule has 7 heteroatoms. The highest BCUT2D eigenvalue weighted by atomic mass is 19.1. The number of nitrogens with one attached hydrogen (secondary N) is 1. The number of rotatable bonds is 3. The minimum atomic E-state index is -1.28. The molecule has 1 amide bonds. The summed E-state index contributed by atoms with van der Waals surface area (Å²) in [7, 11) is 0. The lowest BCUT2D eigenvalue weighted by Crippen LogP contribution is -2.46. The summed E-state index contributed by atoms with van der Waals surface area (Å²) in [5.74, 6) is -4.68. The van der Waals surface area contributed by atoms with Gasteiger partial charge < -0.3 is 15.2 Å². The average Bonchev–Trinajstić information content (AvgIpc) is 2.36. The zero-order chi connectivity index (χ0) is 14.8. The van der Waals surface area contributed by atoms with Crippen LogP contribution in [0.4, 0.5) is 13.2 Å². The predicted octanol–water partition coefficient (Wildman–Crippen LogP) is 1.38. The number of ether oxygens (including phenoxy) is 1. The molecule has 0 saturated carbocycles. The van der Waals surface area contributed by atoms with Crippen LogP contribution >= 0.6 is 0 Å². The van der Waals surface area contributed by atoms with Crippen LogP contribution in [0.25, 0.3) is 0 Å². The van der Waals surface area contributed by atoms with E-state index in [1.165, 1.54) is 0 Å². The van der Waals surface area contributed by atoms with Gasteiger partial charge in [-0.25, -0.2) is 13.2 Å². The number of carbonyl (C=O) groups excluding carboxylic acids is 1. The predicted molar refractivity (Wildman–Crippen MR) is 63.7 cm³/mol. The molecule has 2 N–H and O–H groups in total. The fourth-order valence-electron chi connectivity index (χ4n) is 2.02. The molecule has 0 bridgehead atoms. The molecule has 20 heavy (non-hydrogen) atoms. The van der Waals surface area contributed by atoms with Gasteiger partial charge in [-0.3, -0.25) is 4.79 Å². The molecule has 1 aromatic rings. The Bertz CT molecular complexity index is 493. The Kier molecular flexibility index (Phi) is 4.29. The van der Waals surface area contributed by atoms with E-state index in [1.807, 2.05) is 0 Å². The quantitative estimate of drug-likeness (QED) is 0.883. The largest absolute Gasteiger partial charge is 0.388 e. The van der Waals surface area contributed by atoms with E-state index in [2.05, 4.69) is 5.32 Å². The van der Waals surface area contributed by atoms with Gasteiger partial charge in [0.2, 0.25) is 0 Å². The number of hydrogen-bond donors (Lipinski definition) is 2. The molecule has 1 aliphatic rings. The molecule has 1 heterocycles. The fraction of sp³-hybridized carbons (Fsp3) is 0.462. The monoisotopic (exact) mass is 289 g/mol. The minimum absolute atomic E-state index is 0.147. The summed E-state index contributed by atoms with van der Waals surface area (Å²) < 4.78 is 44.6. The Hall–Kier alpha value is -1.60.